The molecule has 2 aromatic rings. The van der Waals surface area contributed by atoms with Crippen molar-refractivity contribution < 1.29 is 18.0 Å². The second-order valence-electron chi connectivity index (χ2n) is 6.64. The summed E-state index contributed by atoms with van der Waals surface area (Å²) in [6.45, 7) is 0.936. The van der Waals surface area contributed by atoms with Crippen molar-refractivity contribution in [2.45, 2.75) is 16.9 Å². The number of primary amides is 1. The summed E-state index contributed by atoms with van der Waals surface area (Å²) in [5.74, 6) is -1.83. The molecule has 0 unspecified atom stereocenters. The predicted octanol–water partition coefficient (Wildman–Crippen LogP) is 0.934. The summed E-state index contributed by atoms with van der Waals surface area (Å²) in [5, 5.41) is 0. The van der Waals surface area contributed by atoms with Gasteiger partial charge in [0.25, 0.3) is 5.91 Å². The van der Waals surface area contributed by atoms with Crippen molar-refractivity contribution in [1.82, 2.24) is 4.90 Å². The highest BCUT2D eigenvalue weighted by atomic mass is 35.5. The summed E-state index contributed by atoms with van der Waals surface area (Å²) in [7, 11) is -3.79. The summed E-state index contributed by atoms with van der Waals surface area (Å²) in [6, 6.07) is 15.2. The second kappa shape index (κ2) is 8.72. The first kappa shape index (κ1) is 21.9. The van der Waals surface area contributed by atoms with Crippen molar-refractivity contribution in [1.29, 1.82) is 0 Å². The van der Waals surface area contributed by atoms with Crippen LogP contribution in [0.25, 0.3) is 0 Å². The van der Waals surface area contributed by atoms with Crippen molar-refractivity contribution in [3.05, 3.63) is 65.7 Å². The Labute approximate surface area is 170 Å². The van der Waals surface area contributed by atoms with Crippen LogP contribution in [0.3, 0.4) is 0 Å². The van der Waals surface area contributed by atoms with Crippen LogP contribution in [0.1, 0.15) is 21.8 Å². The standard InChI is InChI=1S/C19H21N3O4S.ClH/c20-17-11-22(10-16(17)13-4-2-1-3-5-13)19(24)14-6-8-15(9-7-14)27(25,26)12-18(21)23;/h1-9,16-17H,10-12,20H2,(H2,21,23);1H/t16-,17+;/m0./s1. The van der Waals surface area contributed by atoms with E-state index >= 15 is 0 Å². The number of amides is 2. The summed E-state index contributed by atoms with van der Waals surface area (Å²) < 4.78 is 24.0. The quantitative estimate of drug-likeness (QED) is 0.740. The van der Waals surface area contributed by atoms with Crippen LogP contribution in [0, 0.1) is 0 Å². The molecule has 0 saturated carbocycles. The zero-order chi connectivity index (χ0) is 19.6. The highest BCUT2D eigenvalue weighted by molar-refractivity contribution is 7.92. The van der Waals surface area contributed by atoms with Crippen molar-refractivity contribution >= 4 is 34.1 Å². The van der Waals surface area contributed by atoms with E-state index in [9.17, 15) is 18.0 Å². The zero-order valence-corrected chi connectivity index (χ0v) is 16.7. The van der Waals surface area contributed by atoms with Gasteiger partial charge >= 0.3 is 0 Å². The molecule has 0 spiro atoms. The highest BCUT2D eigenvalue weighted by Crippen LogP contribution is 2.27. The van der Waals surface area contributed by atoms with Gasteiger partial charge in [0.15, 0.2) is 9.84 Å². The van der Waals surface area contributed by atoms with Crippen LogP contribution >= 0.6 is 12.4 Å². The van der Waals surface area contributed by atoms with Gasteiger partial charge in [-0.25, -0.2) is 8.42 Å². The first-order valence-electron chi connectivity index (χ1n) is 8.49. The van der Waals surface area contributed by atoms with Crippen LogP contribution in [0.4, 0.5) is 0 Å². The van der Waals surface area contributed by atoms with E-state index in [1.54, 1.807) is 4.90 Å². The van der Waals surface area contributed by atoms with Gasteiger partial charge in [0, 0.05) is 30.6 Å². The average molecular weight is 424 g/mol. The minimum absolute atomic E-state index is 0. The Bertz CT molecular complexity index is 949. The summed E-state index contributed by atoms with van der Waals surface area (Å²) in [6.07, 6.45) is 0. The molecule has 2 atom stereocenters. The van der Waals surface area contributed by atoms with Gasteiger partial charge in [0.1, 0.15) is 5.75 Å². The van der Waals surface area contributed by atoms with E-state index in [0.717, 1.165) is 5.56 Å². The van der Waals surface area contributed by atoms with Crippen LogP contribution in [0.5, 0.6) is 0 Å². The number of sulfone groups is 1. The van der Waals surface area contributed by atoms with Gasteiger partial charge in [-0.15, -0.1) is 12.4 Å². The smallest absolute Gasteiger partial charge is 0.253 e. The second-order valence-corrected chi connectivity index (χ2v) is 8.63. The molecule has 0 radical (unpaired) electrons. The molecule has 4 N–H and O–H groups in total. The van der Waals surface area contributed by atoms with E-state index in [4.69, 9.17) is 11.5 Å². The van der Waals surface area contributed by atoms with Crippen molar-refractivity contribution in [2.75, 3.05) is 18.8 Å². The molecule has 28 heavy (non-hydrogen) atoms. The molecule has 0 aliphatic carbocycles. The van der Waals surface area contributed by atoms with Crippen LogP contribution < -0.4 is 11.5 Å². The van der Waals surface area contributed by atoms with Crippen molar-refractivity contribution in [2.24, 2.45) is 11.5 Å². The van der Waals surface area contributed by atoms with Gasteiger partial charge in [0.05, 0.1) is 4.90 Å². The van der Waals surface area contributed by atoms with Crippen molar-refractivity contribution in [3.63, 3.8) is 0 Å². The first-order chi connectivity index (χ1) is 12.8. The number of carbonyl (C=O) groups excluding carboxylic acids is 2. The monoisotopic (exact) mass is 423 g/mol. The molecular weight excluding hydrogens is 402 g/mol. The lowest BCUT2D eigenvalue weighted by molar-refractivity contribution is -0.115. The Morgan fingerprint density at radius 3 is 2.18 bits per heavy atom. The fourth-order valence-corrected chi connectivity index (χ4v) is 4.40. The van der Waals surface area contributed by atoms with Gasteiger partial charge < -0.3 is 16.4 Å². The number of hydrogen-bond donors (Lipinski definition) is 2. The molecule has 9 heteroatoms. The minimum atomic E-state index is -3.79. The van der Waals surface area contributed by atoms with Crippen LogP contribution in [-0.2, 0) is 14.6 Å². The molecule has 2 amide bonds. The molecule has 1 heterocycles. The maximum absolute atomic E-state index is 12.8. The molecule has 2 aromatic carbocycles. The van der Waals surface area contributed by atoms with Gasteiger partial charge in [0.2, 0.25) is 5.91 Å². The number of halogens is 1. The molecule has 7 nitrogen and oxygen atoms in total. The third-order valence-electron chi connectivity index (χ3n) is 4.67. The average Bonchev–Trinajstić information content (AvgIpc) is 3.02. The topological polar surface area (TPSA) is 124 Å². The zero-order valence-electron chi connectivity index (χ0n) is 15.0. The number of rotatable bonds is 5. The molecule has 1 saturated heterocycles. The number of carbonyl (C=O) groups is 2. The van der Waals surface area contributed by atoms with Crippen LogP contribution in [-0.4, -0.2) is 50.0 Å². The largest absolute Gasteiger partial charge is 0.369 e. The number of nitrogens with two attached hydrogens (primary N) is 2. The number of benzene rings is 2. The molecule has 1 aliphatic rings. The fourth-order valence-electron chi connectivity index (χ4n) is 3.31. The summed E-state index contributed by atoms with van der Waals surface area (Å²) >= 11 is 0. The molecule has 1 fully saturated rings. The summed E-state index contributed by atoms with van der Waals surface area (Å²) in [5.41, 5.74) is 12.6. The van der Waals surface area contributed by atoms with Gasteiger partial charge in [-0.1, -0.05) is 30.3 Å². The van der Waals surface area contributed by atoms with Gasteiger partial charge in [-0.2, -0.15) is 0 Å². The van der Waals surface area contributed by atoms with Crippen molar-refractivity contribution in [3.8, 4) is 0 Å². The Morgan fingerprint density at radius 2 is 1.61 bits per heavy atom. The molecule has 1 aliphatic heterocycles. The van der Waals surface area contributed by atoms with Gasteiger partial charge in [-0.3, -0.25) is 9.59 Å². The molecule has 0 aromatic heterocycles. The Balaban J connectivity index is 0.00000280. The SMILES string of the molecule is Cl.NC(=O)CS(=O)(=O)c1ccc(C(=O)N2C[C@@H](N)[C@H](c3ccccc3)C2)cc1. The molecular formula is C19H22ClN3O4S. The number of hydrogen-bond acceptors (Lipinski definition) is 5. The van der Waals surface area contributed by atoms with E-state index in [-0.39, 0.29) is 35.2 Å². The Morgan fingerprint density at radius 1 is 1.00 bits per heavy atom. The maximum Gasteiger partial charge on any atom is 0.253 e. The lowest BCUT2D eigenvalue weighted by Gasteiger charge is -2.17. The lowest BCUT2D eigenvalue weighted by atomic mass is 9.95. The third kappa shape index (κ3) is 4.70. The third-order valence-corrected chi connectivity index (χ3v) is 6.33. The number of nitrogens with zero attached hydrogens (tertiary/aromatic N) is 1. The maximum atomic E-state index is 12.8. The number of likely N-dealkylation sites (tertiary alicyclic amines) is 1. The van der Waals surface area contributed by atoms with E-state index < -0.39 is 21.5 Å². The van der Waals surface area contributed by atoms with E-state index in [1.807, 2.05) is 30.3 Å². The fraction of sp³-hybridized carbons (Fsp3) is 0.263. The molecule has 0 bridgehead atoms. The van der Waals surface area contributed by atoms with E-state index in [0.29, 0.717) is 18.7 Å². The van der Waals surface area contributed by atoms with E-state index in [2.05, 4.69) is 0 Å². The predicted molar refractivity (Wildman–Crippen MR) is 108 cm³/mol. The van der Waals surface area contributed by atoms with Crippen LogP contribution in [0.2, 0.25) is 0 Å². The van der Waals surface area contributed by atoms with Crippen LogP contribution in [0.15, 0.2) is 59.5 Å². The summed E-state index contributed by atoms with van der Waals surface area (Å²) in [4.78, 5) is 25.3. The Hall–Kier alpha value is -2.42. The minimum Gasteiger partial charge on any atom is -0.369 e. The molecule has 150 valence electrons. The first-order valence-corrected chi connectivity index (χ1v) is 10.1. The van der Waals surface area contributed by atoms with Gasteiger partial charge in [-0.05, 0) is 29.8 Å². The van der Waals surface area contributed by atoms with E-state index in [1.165, 1.54) is 24.3 Å². The molecule has 3 rings (SSSR count). The highest BCUT2D eigenvalue weighted by Gasteiger charge is 2.34. The normalized spacial score (nSPS) is 19.1. The lowest BCUT2D eigenvalue weighted by Crippen LogP contribution is -2.32. The Kier molecular flexibility index (Phi) is 6.82.